The molecule has 2 atom stereocenters. The third kappa shape index (κ3) is 1.66. The average Bonchev–Trinajstić information content (AvgIpc) is 1.96. The molecule has 0 bridgehead atoms. The van der Waals surface area contributed by atoms with E-state index < -0.39 is 0 Å². The molecule has 0 aromatic carbocycles. The second-order valence-electron chi connectivity index (χ2n) is 2.59. The molecule has 0 aromatic rings. The molecule has 2 unspecified atom stereocenters. The number of β-lactam (4-membered cyclic amide) rings is 1. The van der Waals surface area contributed by atoms with Crippen LogP contribution in [0.2, 0.25) is 0 Å². The Bertz CT molecular complexity index is 138. The fraction of sp³-hybridized carbons (Fsp3) is 0.857. The second-order valence-corrected chi connectivity index (χ2v) is 4.23. The first-order chi connectivity index (χ1) is 4.74. The van der Waals surface area contributed by atoms with E-state index in [0.29, 0.717) is 5.25 Å². The van der Waals surface area contributed by atoms with Gasteiger partial charge in [-0.05, 0) is 6.42 Å². The first-order valence-corrected chi connectivity index (χ1v) is 4.61. The topological polar surface area (TPSA) is 29.1 Å². The van der Waals surface area contributed by atoms with Crippen LogP contribution in [-0.2, 0) is 4.79 Å². The van der Waals surface area contributed by atoms with Gasteiger partial charge in [0.1, 0.15) is 5.25 Å². The number of hydrogen-bond donors (Lipinski definition) is 1. The van der Waals surface area contributed by atoms with Gasteiger partial charge in [0.05, 0.1) is 0 Å². The molecule has 0 aliphatic carbocycles. The van der Waals surface area contributed by atoms with Crippen LogP contribution in [0.25, 0.3) is 0 Å². The van der Waals surface area contributed by atoms with E-state index in [1.54, 1.807) is 11.8 Å². The Kier molecular flexibility index (Phi) is 2.60. The fourth-order valence-electron chi connectivity index (χ4n) is 0.755. The molecule has 0 saturated carbocycles. The standard InChI is InChI=1S/C7H13NOS/c1-3-5(2)10-6-4-8-7(6)9/h5-6H,3-4H2,1-2H3,(H,8,9). The molecule has 1 saturated heterocycles. The van der Waals surface area contributed by atoms with Gasteiger partial charge in [-0.3, -0.25) is 4.79 Å². The Labute approximate surface area is 65.8 Å². The van der Waals surface area contributed by atoms with E-state index in [4.69, 9.17) is 0 Å². The summed E-state index contributed by atoms with van der Waals surface area (Å²) in [5, 5.41) is 3.59. The minimum atomic E-state index is 0.213. The predicted molar refractivity (Wildman–Crippen MR) is 44.1 cm³/mol. The van der Waals surface area contributed by atoms with Crippen molar-refractivity contribution in [2.24, 2.45) is 0 Å². The Hall–Kier alpha value is -0.180. The highest BCUT2D eigenvalue weighted by molar-refractivity contribution is 8.01. The SMILES string of the molecule is CCC(C)SC1CNC1=O. The number of thioether (sulfide) groups is 1. The van der Waals surface area contributed by atoms with Gasteiger partial charge in [-0.25, -0.2) is 0 Å². The first-order valence-electron chi connectivity index (χ1n) is 3.67. The van der Waals surface area contributed by atoms with E-state index >= 15 is 0 Å². The zero-order chi connectivity index (χ0) is 7.56. The Morgan fingerprint density at radius 1 is 1.90 bits per heavy atom. The second kappa shape index (κ2) is 3.28. The molecule has 1 aliphatic rings. The number of rotatable bonds is 3. The number of hydrogen-bond acceptors (Lipinski definition) is 2. The summed E-state index contributed by atoms with van der Waals surface area (Å²) in [5.74, 6) is 0.213. The average molecular weight is 159 g/mol. The van der Waals surface area contributed by atoms with E-state index in [1.807, 2.05) is 0 Å². The maximum absolute atomic E-state index is 10.8. The third-order valence-corrected chi connectivity index (χ3v) is 3.23. The van der Waals surface area contributed by atoms with Crippen LogP contribution in [0.4, 0.5) is 0 Å². The van der Waals surface area contributed by atoms with Crippen molar-refractivity contribution in [1.29, 1.82) is 0 Å². The van der Waals surface area contributed by atoms with Crippen molar-refractivity contribution in [3.05, 3.63) is 0 Å². The number of carbonyl (C=O) groups excluding carboxylic acids is 1. The van der Waals surface area contributed by atoms with Crippen molar-refractivity contribution in [2.45, 2.75) is 30.8 Å². The van der Waals surface area contributed by atoms with Crippen molar-refractivity contribution in [1.82, 2.24) is 5.32 Å². The molecule has 2 nitrogen and oxygen atoms in total. The van der Waals surface area contributed by atoms with Gasteiger partial charge in [0.25, 0.3) is 0 Å². The number of carbonyl (C=O) groups is 1. The van der Waals surface area contributed by atoms with E-state index in [9.17, 15) is 4.79 Å². The molecule has 1 heterocycles. The number of nitrogens with one attached hydrogen (secondary N) is 1. The van der Waals surface area contributed by atoms with Crippen molar-refractivity contribution in [3.8, 4) is 0 Å². The Morgan fingerprint density at radius 3 is 2.90 bits per heavy atom. The molecule has 10 heavy (non-hydrogen) atoms. The van der Waals surface area contributed by atoms with E-state index in [0.717, 1.165) is 13.0 Å². The molecule has 58 valence electrons. The van der Waals surface area contributed by atoms with E-state index in [-0.39, 0.29) is 11.2 Å². The molecule has 1 aliphatic heterocycles. The minimum absolute atomic E-state index is 0.213. The van der Waals surface area contributed by atoms with Gasteiger partial charge >= 0.3 is 0 Å². The van der Waals surface area contributed by atoms with Crippen LogP contribution in [0.1, 0.15) is 20.3 Å². The minimum Gasteiger partial charge on any atom is -0.353 e. The number of amides is 1. The van der Waals surface area contributed by atoms with Gasteiger partial charge in [0.2, 0.25) is 5.91 Å². The van der Waals surface area contributed by atoms with Gasteiger partial charge in [-0.2, -0.15) is 0 Å². The normalized spacial score (nSPS) is 27.0. The summed E-state index contributed by atoms with van der Waals surface area (Å²) in [6.07, 6.45) is 1.15. The summed E-state index contributed by atoms with van der Waals surface area (Å²) >= 11 is 1.78. The fourth-order valence-corrected chi connectivity index (χ4v) is 1.90. The molecule has 1 N–H and O–H groups in total. The zero-order valence-electron chi connectivity index (χ0n) is 6.39. The van der Waals surface area contributed by atoms with Gasteiger partial charge in [0, 0.05) is 11.8 Å². The van der Waals surface area contributed by atoms with Gasteiger partial charge in [0.15, 0.2) is 0 Å². The van der Waals surface area contributed by atoms with Crippen LogP contribution < -0.4 is 5.32 Å². The monoisotopic (exact) mass is 159 g/mol. The van der Waals surface area contributed by atoms with Crippen LogP contribution >= 0.6 is 11.8 Å². The zero-order valence-corrected chi connectivity index (χ0v) is 7.20. The molecule has 0 aromatic heterocycles. The lowest BCUT2D eigenvalue weighted by Gasteiger charge is -2.27. The van der Waals surface area contributed by atoms with Crippen LogP contribution in [0.15, 0.2) is 0 Å². The van der Waals surface area contributed by atoms with Crippen LogP contribution in [0.3, 0.4) is 0 Å². The highest BCUT2D eigenvalue weighted by atomic mass is 32.2. The van der Waals surface area contributed by atoms with Crippen molar-refractivity contribution >= 4 is 17.7 Å². The maximum Gasteiger partial charge on any atom is 0.234 e. The summed E-state index contributed by atoms with van der Waals surface area (Å²) in [7, 11) is 0. The summed E-state index contributed by atoms with van der Waals surface area (Å²) < 4.78 is 0. The molecule has 1 rings (SSSR count). The van der Waals surface area contributed by atoms with Gasteiger partial charge in [-0.15, -0.1) is 11.8 Å². The lowest BCUT2D eigenvalue weighted by molar-refractivity contribution is -0.124. The van der Waals surface area contributed by atoms with Crippen molar-refractivity contribution < 1.29 is 4.79 Å². The molecule has 1 amide bonds. The molecular formula is C7H13NOS. The van der Waals surface area contributed by atoms with Gasteiger partial charge in [-0.1, -0.05) is 13.8 Å². The largest absolute Gasteiger partial charge is 0.353 e. The van der Waals surface area contributed by atoms with Gasteiger partial charge < -0.3 is 5.32 Å². The predicted octanol–water partition coefficient (Wildman–Crippen LogP) is 1.02. The van der Waals surface area contributed by atoms with Crippen LogP contribution in [-0.4, -0.2) is 23.0 Å². The smallest absolute Gasteiger partial charge is 0.234 e. The molecular weight excluding hydrogens is 146 g/mol. The van der Waals surface area contributed by atoms with Crippen LogP contribution in [0, 0.1) is 0 Å². The summed E-state index contributed by atoms with van der Waals surface area (Å²) in [6.45, 7) is 5.18. The van der Waals surface area contributed by atoms with E-state index in [2.05, 4.69) is 19.2 Å². The summed E-state index contributed by atoms with van der Waals surface area (Å²) in [4.78, 5) is 10.8. The lowest BCUT2D eigenvalue weighted by atomic mass is 10.3. The third-order valence-electron chi connectivity index (χ3n) is 1.73. The maximum atomic E-state index is 10.8. The molecule has 3 heteroatoms. The summed E-state index contributed by atoms with van der Waals surface area (Å²) in [6, 6.07) is 0. The Balaban J connectivity index is 2.19. The molecule has 0 radical (unpaired) electrons. The first kappa shape index (κ1) is 7.92. The highest BCUT2D eigenvalue weighted by Crippen LogP contribution is 2.23. The quantitative estimate of drug-likeness (QED) is 0.623. The van der Waals surface area contributed by atoms with E-state index in [1.165, 1.54) is 0 Å². The lowest BCUT2D eigenvalue weighted by Crippen LogP contribution is -2.51. The molecule has 0 spiro atoms. The van der Waals surface area contributed by atoms with Crippen LogP contribution in [0.5, 0.6) is 0 Å². The van der Waals surface area contributed by atoms with Crippen molar-refractivity contribution in [2.75, 3.05) is 6.54 Å². The van der Waals surface area contributed by atoms with Crippen molar-refractivity contribution in [3.63, 3.8) is 0 Å². The summed E-state index contributed by atoms with van der Waals surface area (Å²) in [5.41, 5.74) is 0. The highest BCUT2D eigenvalue weighted by Gasteiger charge is 2.28. The molecule has 1 fully saturated rings. The Morgan fingerprint density at radius 2 is 2.60 bits per heavy atom.